The number of amides is 1. The first kappa shape index (κ1) is 16.2. The number of carbonyl (C=O) groups is 1. The Labute approximate surface area is 113 Å². The number of nitrogens with two attached hydrogens (primary N) is 1. The predicted molar refractivity (Wildman–Crippen MR) is 75.0 cm³/mol. The van der Waals surface area contributed by atoms with E-state index in [1.54, 1.807) is 6.07 Å². The van der Waals surface area contributed by atoms with Crippen molar-refractivity contribution in [2.45, 2.75) is 32.7 Å². The summed E-state index contributed by atoms with van der Waals surface area (Å²) in [6, 6.07) is 5.58. The minimum Gasteiger partial charge on any atom is -0.328 e. The van der Waals surface area contributed by atoms with Crippen molar-refractivity contribution in [1.29, 1.82) is 0 Å². The van der Waals surface area contributed by atoms with E-state index in [4.69, 9.17) is 17.3 Å². The molecule has 0 radical (unpaired) electrons. The van der Waals surface area contributed by atoms with Gasteiger partial charge in [0.15, 0.2) is 0 Å². The normalized spacial score (nSPS) is 11.5. The Morgan fingerprint density at radius 3 is 2.71 bits per heavy atom. The molecule has 1 aromatic carbocycles. The number of rotatable bonds is 4. The second-order valence-electron chi connectivity index (χ2n) is 4.05. The molecule has 0 bridgehead atoms. The molecule has 0 aliphatic heterocycles. The lowest BCUT2D eigenvalue weighted by molar-refractivity contribution is -0.116. The maximum Gasteiger partial charge on any atom is 0.224 e. The summed E-state index contributed by atoms with van der Waals surface area (Å²) in [4.78, 5) is 11.5. The Balaban J connectivity index is 0.00000256. The van der Waals surface area contributed by atoms with Gasteiger partial charge in [0.1, 0.15) is 0 Å². The maximum atomic E-state index is 11.5. The largest absolute Gasteiger partial charge is 0.328 e. The highest BCUT2D eigenvalue weighted by Gasteiger charge is 2.06. The van der Waals surface area contributed by atoms with Gasteiger partial charge in [-0.15, -0.1) is 12.4 Å². The topological polar surface area (TPSA) is 55.1 Å². The van der Waals surface area contributed by atoms with Crippen LogP contribution in [0.4, 0.5) is 5.69 Å². The fraction of sp³-hybridized carbons (Fsp3) is 0.417. The van der Waals surface area contributed by atoms with E-state index in [2.05, 4.69) is 5.32 Å². The molecule has 0 aliphatic rings. The summed E-state index contributed by atoms with van der Waals surface area (Å²) in [6.45, 7) is 3.83. The zero-order valence-corrected chi connectivity index (χ0v) is 11.6. The predicted octanol–water partition coefficient (Wildman–Crippen LogP) is 3.14. The third-order valence-corrected chi connectivity index (χ3v) is 2.54. The molecule has 0 spiro atoms. The molecule has 0 saturated carbocycles. The van der Waals surface area contributed by atoms with Crippen LogP contribution in [-0.4, -0.2) is 11.9 Å². The van der Waals surface area contributed by atoms with Crippen molar-refractivity contribution in [3.63, 3.8) is 0 Å². The molecule has 3 nitrogen and oxygen atoms in total. The second kappa shape index (κ2) is 7.54. The van der Waals surface area contributed by atoms with E-state index in [0.29, 0.717) is 23.6 Å². The van der Waals surface area contributed by atoms with E-state index >= 15 is 0 Å². The summed E-state index contributed by atoms with van der Waals surface area (Å²) in [7, 11) is 0. The van der Waals surface area contributed by atoms with Crippen LogP contribution < -0.4 is 11.1 Å². The van der Waals surface area contributed by atoms with Gasteiger partial charge in [0, 0.05) is 12.5 Å². The van der Waals surface area contributed by atoms with Gasteiger partial charge in [0.05, 0.1) is 10.7 Å². The number of halogens is 2. The van der Waals surface area contributed by atoms with Crippen molar-refractivity contribution in [2.75, 3.05) is 5.32 Å². The van der Waals surface area contributed by atoms with Gasteiger partial charge >= 0.3 is 0 Å². The van der Waals surface area contributed by atoms with Crippen LogP contribution in [0.3, 0.4) is 0 Å². The second-order valence-corrected chi connectivity index (χ2v) is 4.45. The van der Waals surface area contributed by atoms with Gasteiger partial charge in [0.25, 0.3) is 0 Å². The lowest BCUT2D eigenvalue weighted by Gasteiger charge is -2.08. The van der Waals surface area contributed by atoms with Crippen LogP contribution in [0, 0.1) is 6.92 Å². The Hall–Kier alpha value is -0.770. The minimum absolute atomic E-state index is 0. The molecule has 1 unspecified atom stereocenters. The van der Waals surface area contributed by atoms with Gasteiger partial charge in [-0.2, -0.15) is 0 Å². The number of carbonyl (C=O) groups excluding carboxylic acids is 1. The van der Waals surface area contributed by atoms with Gasteiger partial charge < -0.3 is 11.1 Å². The maximum absolute atomic E-state index is 11.5. The summed E-state index contributed by atoms with van der Waals surface area (Å²) in [6.07, 6.45) is 1.09. The standard InChI is InChI=1S/C12H17ClN2O.ClH/c1-8-3-5-11(10(13)7-8)15-12(16)6-4-9(2)14;/h3,5,7,9H,4,6,14H2,1-2H3,(H,15,16);1H. The van der Waals surface area contributed by atoms with Gasteiger partial charge in [0.2, 0.25) is 5.91 Å². The van der Waals surface area contributed by atoms with Crippen molar-refractivity contribution in [3.05, 3.63) is 28.8 Å². The van der Waals surface area contributed by atoms with Crippen molar-refractivity contribution in [3.8, 4) is 0 Å². The molecule has 0 heterocycles. The lowest BCUT2D eigenvalue weighted by Crippen LogP contribution is -2.19. The van der Waals surface area contributed by atoms with Crippen molar-refractivity contribution in [1.82, 2.24) is 0 Å². The van der Waals surface area contributed by atoms with Crippen LogP contribution in [0.2, 0.25) is 5.02 Å². The smallest absolute Gasteiger partial charge is 0.224 e. The molecule has 0 aromatic heterocycles. The molecule has 1 atom stereocenters. The summed E-state index contributed by atoms with van der Waals surface area (Å²) < 4.78 is 0. The average Bonchev–Trinajstić information content (AvgIpc) is 2.19. The molecule has 1 rings (SSSR count). The average molecular weight is 277 g/mol. The molecule has 17 heavy (non-hydrogen) atoms. The highest BCUT2D eigenvalue weighted by Crippen LogP contribution is 2.22. The molecule has 1 aromatic rings. The number of hydrogen-bond donors (Lipinski definition) is 2. The molecule has 5 heteroatoms. The number of anilines is 1. The number of aryl methyl sites for hydroxylation is 1. The first-order valence-corrected chi connectivity index (χ1v) is 5.68. The molecular formula is C12H18Cl2N2O. The van der Waals surface area contributed by atoms with Crippen LogP contribution >= 0.6 is 24.0 Å². The molecule has 0 aliphatic carbocycles. The first-order chi connectivity index (χ1) is 7.49. The summed E-state index contributed by atoms with van der Waals surface area (Å²) in [5, 5.41) is 3.33. The monoisotopic (exact) mass is 276 g/mol. The van der Waals surface area contributed by atoms with Crippen molar-refractivity contribution < 1.29 is 4.79 Å². The van der Waals surface area contributed by atoms with Crippen LogP contribution in [-0.2, 0) is 4.79 Å². The van der Waals surface area contributed by atoms with E-state index < -0.39 is 0 Å². The van der Waals surface area contributed by atoms with Crippen molar-refractivity contribution in [2.24, 2.45) is 5.73 Å². The Bertz CT molecular complexity index is 381. The van der Waals surface area contributed by atoms with E-state index in [0.717, 1.165) is 5.56 Å². The fourth-order valence-corrected chi connectivity index (χ4v) is 1.58. The molecule has 96 valence electrons. The SMILES string of the molecule is Cc1ccc(NC(=O)CCC(C)N)c(Cl)c1.Cl. The number of hydrogen-bond acceptors (Lipinski definition) is 2. The number of benzene rings is 1. The first-order valence-electron chi connectivity index (χ1n) is 5.30. The highest BCUT2D eigenvalue weighted by atomic mass is 35.5. The molecule has 0 fully saturated rings. The molecular weight excluding hydrogens is 259 g/mol. The number of nitrogens with one attached hydrogen (secondary N) is 1. The zero-order valence-electron chi connectivity index (χ0n) is 10.00. The van der Waals surface area contributed by atoms with Crippen LogP contribution in [0.15, 0.2) is 18.2 Å². The van der Waals surface area contributed by atoms with E-state index in [9.17, 15) is 4.79 Å². The molecule has 0 saturated heterocycles. The fourth-order valence-electron chi connectivity index (χ4n) is 1.29. The van der Waals surface area contributed by atoms with Crippen molar-refractivity contribution >= 4 is 35.6 Å². The third kappa shape index (κ3) is 5.91. The highest BCUT2D eigenvalue weighted by molar-refractivity contribution is 6.33. The Morgan fingerprint density at radius 1 is 1.53 bits per heavy atom. The third-order valence-electron chi connectivity index (χ3n) is 2.23. The zero-order chi connectivity index (χ0) is 12.1. The van der Waals surface area contributed by atoms with Crippen LogP contribution in [0.1, 0.15) is 25.3 Å². The van der Waals surface area contributed by atoms with Gasteiger partial charge in [-0.25, -0.2) is 0 Å². The van der Waals surface area contributed by atoms with E-state index in [1.165, 1.54) is 0 Å². The van der Waals surface area contributed by atoms with Crippen LogP contribution in [0.25, 0.3) is 0 Å². The lowest BCUT2D eigenvalue weighted by atomic mass is 10.2. The quantitative estimate of drug-likeness (QED) is 0.888. The Kier molecular flexibility index (Phi) is 7.19. The summed E-state index contributed by atoms with van der Waals surface area (Å²) >= 11 is 6.00. The minimum atomic E-state index is -0.0527. The van der Waals surface area contributed by atoms with E-state index in [1.807, 2.05) is 26.0 Å². The van der Waals surface area contributed by atoms with Gasteiger partial charge in [-0.05, 0) is 38.0 Å². The van der Waals surface area contributed by atoms with Gasteiger partial charge in [-0.3, -0.25) is 4.79 Å². The molecule has 3 N–H and O–H groups in total. The Morgan fingerprint density at radius 2 is 2.18 bits per heavy atom. The van der Waals surface area contributed by atoms with E-state index in [-0.39, 0.29) is 24.4 Å². The summed E-state index contributed by atoms with van der Waals surface area (Å²) in [5.74, 6) is -0.0527. The van der Waals surface area contributed by atoms with Crippen LogP contribution in [0.5, 0.6) is 0 Å². The van der Waals surface area contributed by atoms with Gasteiger partial charge in [-0.1, -0.05) is 17.7 Å². The molecule has 1 amide bonds. The summed E-state index contributed by atoms with van der Waals surface area (Å²) in [5.41, 5.74) is 7.30.